The number of likely N-dealkylation sites (N-methyl/N-ethyl adjacent to an activating group) is 1. The molecule has 0 amide bonds. The second-order valence-corrected chi connectivity index (χ2v) is 4.63. The van der Waals surface area contributed by atoms with Crippen molar-refractivity contribution in [2.24, 2.45) is 0 Å². The van der Waals surface area contributed by atoms with Gasteiger partial charge in [-0.05, 0) is 33.4 Å². The summed E-state index contributed by atoms with van der Waals surface area (Å²) in [6.07, 6.45) is 4.42. The Morgan fingerprint density at radius 3 is 3.00 bits per heavy atom. The quantitative estimate of drug-likeness (QED) is 0.824. The van der Waals surface area contributed by atoms with Gasteiger partial charge in [0, 0.05) is 31.4 Å². The van der Waals surface area contributed by atoms with Gasteiger partial charge in [-0.3, -0.25) is 0 Å². The van der Waals surface area contributed by atoms with Crippen LogP contribution in [-0.2, 0) is 0 Å². The maximum Gasteiger partial charge on any atom is 0.224 e. The van der Waals surface area contributed by atoms with Gasteiger partial charge in [-0.15, -0.1) is 0 Å². The molecule has 1 aromatic rings. The molecular weight excluding hydrogens is 214 g/mol. The van der Waals surface area contributed by atoms with E-state index in [0.717, 1.165) is 17.9 Å². The second-order valence-electron chi connectivity index (χ2n) is 4.63. The van der Waals surface area contributed by atoms with Crippen LogP contribution in [0.5, 0.6) is 0 Å². The molecule has 0 bridgehead atoms. The average molecular weight is 235 g/mol. The first kappa shape index (κ1) is 12.1. The Hall–Kier alpha value is -1.36. The van der Waals surface area contributed by atoms with Crippen molar-refractivity contribution in [2.75, 3.05) is 37.8 Å². The fraction of sp³-hybridized carbons (Fsp3) is 0.667. The molecular formula is C12H21N5. The monoisotopic (exact) mass is 235 g/mol. The lowest BCUT2D eigenvalue weighted by Crippen LogP contribution is -2.31. The molecule has 1 aliphatic rings. The van der Waals surface area contributed by atoms with E-state index in [1.54, 1.807) is 0 Å². The van der Waals surface area contributed by atoms with Crippen molar-refractivity contribution in [3.63, 3.8) is 0 Å². The zero-order valence-electron chi connectivity index (χ0n) is 10.8. The molecule has 2 rings (SSSR count). The SMILES string of the molecule is CNc1ncc(C)c(NCC2CCCN2C)n1. The van der Waals surface area contributed by atoms with Crippen molar-refractivity contribution in [3.8, 4) is 0 Å². The second kappa shape index (κ2) is 5.31. The molecule has 1 fully saturated rings. The van der Waals surface area contributed by atoms with Crippen LogP contribution in [0.3, 0.4) is 0 Å². The smallest absolute Gasteiger partial charge is 0.224 e. The first-order valence-corrected chi connectivity index (χ1v) is 6.16. The van der Waals surface area contributed by atoms with Gasteiger partial charge in [0.2, 0.25) is 5.95 Å². The minimum Gasteiger partial charge on any atom is -0.368 e. The number of hydrogen-bond donors (Lipinski definition) is 2. The van der Waals surface area contributed by atoms with E-state index in [1.807, 2.05) is 20.2 Å². The number of rotatable bonds is 4. The van der Waals surface area contributed by atoms with Crippen molar-refractivity contribution in [2.45, 2.75) is 25.8 Å². The molecule has 1 aromatic heterocycles. The lowest BCUT2D eigenvalue weighted by molar-refractivity contribution is 0.322. The first-order chi connectivity index (χ1) is 8.20. The Bertz CT molecular complexity index is 379. The van der Waals surface area contributed by atoms with Crippen LogP contribution in [0.15, 0.2) is 6.20 Å². The zero-order chi connectivity index (χ0) is 12.3. The van der Waals surface area contributed by atoms with Gasteiger partial charge in [0.05, 0.1) is 0 Å². The highest BCUT2D eigenvalue weighted by atomic mass is 15.2. The number of nitrogens with one attached hydrogen (secondary N) is 2. The standard InChI is InChI=1S/C12H21N5/c1-9-7-15-12(13-2)16-11(9)14-8-10-5-4-6-17(10)3/h7,10H,4-6,8H2,1-3H3,(H2,13,14,15,16). The molecule has 0 radical (unpaired) electrons. The molecule has 94 valence electrons. The van der Waals surface area contributed by atoms with Crippen molar-refractivity contribution in [1.82, 2.24) is 14.9 Å². The summed E-state index contributed by atoms with van der Waals surface area (Å²) in [6.45, 7) is 4.19. The number of likely N-dealkylation sites (tertiary alicyclic amines) is 1. The molecule has 2 N–H and O–H groups in total. The van der Waals surface area contributed by atoms with Crippen LogP contribution >= 0.6 is 0 Å². The topological polar surface area (TPSA) is 53.1 Å². The largest absolute Gasteiger partial charge is 0.368 e. The summed E-state index contributed by atoms with van der Waals surface area (Å²) >= 11 is 0. The summed E-state index contributed by atoms with van der Waals surface area (Å²) in [5.74, 6) is 1.60. The number of anilines is 2. The highest BCUT2D eigenvalue weighted by molar-refractivity contribution is 5.46. The van der Waals surface area contributed by atoms with Crippen LogP contribution in [0.2, 0.25) is 0 Å². The molecule has 5 nitrogen and oxygen atoms in total. The van der Waals surface area contributed by atoms with Crippen LogP contribution in [0.1, 0.15) is 18.4 Å². The molecule has 17 heavy (non-hydrogen) atoms. The zero-order valence-corrected chi connectivity index (χ0v) is 10.8. The molecule has 5 heteroatoms. The molecule has 1 aliphatic heterocycles. The Morgan fingerprint density at radius 1 is 1.53 bits per heavy atom. The van der Waals surface area contributed by atoms with Crippen molar-refractivity contribution in [3.05, 3.63) is 11.8 Å². The fourth-order valence-corrected chi connectivity index (χ4v) is 2.19. The van der Waals surface area contributed by atoms with Gasteiger partial charge in [0.15, 0.2) is 0 Å². The van der Waals surface area contributed by atoms with Crippen molar-refractivity contribution in [1.29, 1.82) is 0 Å². The number of nitrogens with zero attached hydrogens (tertiary/aromatic N) is 3. The fourth-order valence-electron chi connectivity index (χ4n) is 2.19. The third kappa shape index (κ3) is 2.85. The molecule has 1 unspecified atom stereocenters. The summed E-state index contributed by atoms with van der Waals surface area (Å²) < 4.78 is 0. The Kier molecular flexibility index (Phi) is 3.78. The number of hydrogen-bond acceptors (Lipinski definition) is 5. The Morgan fingerprint density at radius 2 is 2.35 bits per heavy atom. The first-order valence-electron chi connectivity index (χ1n) is 6.16. The number of aromatic nitrogens is 2. The van der Waals surface area contributed by atoms with Gasteiger partial charge in [-0.1, -0.05) is 0 Å². The molecule has 1 atom stereocenters. The van der Waals surface area contributed by atoms with Crippen LogP contribution < -0.4 is 10.6 Å². The van der Waals surface area contributed by atoms with E-state index in [9.17, 15) is 0 Å². The Balaban J connectivity index is 1.98. The van der Waals surface area contributed by atoms with Crippen LogP contribution in [0, 0.1) is 6.92 Å². The Labute approximate surface area is 103 Å². The highest BCUT2D eigenvalue weighted by Gasteiger charge is 2.20. The molecule has 0 aliphatic carbocycles. The van der Waals surface area contributed by atoms with Crippen molar-refractivity contribution < 1.29 is 0 Å². The molecule has 0 saturated carbocycles. The van der Waals surface area contributed by atoms with Crippen molar-refractivity contribution >= 4 is 11.8 Å². The van der Waals surface area contributed by atoms with Gasteiger partial charge >= 0.3 is 0 Å². The normalized spacial score (nSPS) is 20.5. The third-order valence-electron chi connectivity index (χ3n) is 3.37. The molecule has 0 spiro atoms. The van der Waals surface area contributed by atoms with Gasteiger partial charge in [-0.25, -0.2) is 4.98 Å². The van der Waals surface area contributed by atoms with Gasteiger partial charge in [0.1, 0.15) is 5.82 Å². The van der Waals surface area contributed by atoms with E-state index in [-0.39, 0.29) is 0 Å². The highest BCUT2D eigenvalue weighted by Crippen LogP contribution is 2.17. The van der Waals surface area contributed by atoms with E-state index in [4.69, 9.17) is 0 Å². The predicted octanol–water partition coefficient (Wildman–Crippen LogP) is 1.33. The summed E-state index contributed by atoms with van der Waals surface area (Å²) in [5, 5.41) is 6.39. The number of aryl methyl sites for hydroxylation is 1. The minimum atomic E-state index is 0.627. The van der Waals surface area contributed by atoms with Gasteiger partial charge in [0.25, 0.3) is 0 Å². The average Bonchev–Trinajstić information content (AvgIpc) is 2.74. The lowest BCUT2D eigenvalue weighted by atomic mass is 10.2. The third-order valence-corrected chi connectivity index (χ3v) is 3.37. The predicted molar refractivity (Wildman–Crippen MR) is 70.5 cm³/mol. The van der Waals surface area contributed by atoms with Gasteiger partial charge < -0.3 is 15.5 Å². The molecule has 2 heterocycles. The summed E-state index contributed by atoms with van der Waals surface area (Å²) in [6, 6.07) is 0.627. The van der Waals surface area contributed by atoms with E-state index in [1.165, 1.54) is 19.4 Å². The van der Waals surface area contributed by atoms with Gasteiger partial charge in [-0.2, -0.15) is 4.98 Å². The van der Waals surface area contributed by atoms with E-state index in [2.05, 4.69) is 32.5 Å². The summed E-state index contributed by atoms with van der Waals surface area (Å²) in [4.78, 5) is 11.0. The van der Waals surface area contributed by atoms with E-state index in [0.29, 0.717) is 12.0 Å². The lowest BCUT2D eigenvalue weighted by Gasteiger charge is -2.20. The van der Waals surface area contributed by atoms with Crippen LogP contribution in [0.4, 0.5) is 11.8 Å². The minimum absolute atomic E-state index is 0.627. The summed E-state index contributed by atoms with van der Waals surface area (Å²) in [5.41, 5.74) is 1.09. The molecule has 1 saturated heterocycles. The van der Waals surface area contributed by atoms with Crippen LogP contribution in [-0.4, -0.2) is 48.1 Å². The van der Waals surface area contributed by atoms with E-state index >= 15 is 0 Å². The summed E-state index contributed by atoms with van der Waals surface area (Å²) in [7, 11) is 4.02. The maximum atomic E-state index is 4.42. The molecule has 0 aromatic carbocycles. The maximum absolute atomic E-state index is 4.42. The van der Waals surface area contributed by atoms with E-state index < -0.39 is 0 Å². The van der Waals surface area contributed by atoms with Crippen LogP contribution in [0.25, 0.3) is 0 Å².